The van der Waals surface area contributed by atoms with Crippen LogP contribution in [0, 0.1) is 0 Å². The second-order valence-electron chi connectivity index (χ2n) is 6.97. The van der Waals surface area contributed by atoms with Gasteiger partial charge >= 0.3 is 0 Å². The summed E-state index contributed by atoms with van der Waals surface area (Å²) < 4.78 is 0. The quantitative estimate of drug-likeness (QED) is 0.706. The third kappa shape index (κ3) is 3.85. The van der Waals surface area contributed by atoms with Crippen molar-refractivity contribution >= 4 is 28.9 Å². The van der Waals surface area contributed by atoms with Crippen LogP contribution in [0.1, 0.15) is 22.8 Å². The maximum atomic E-state index is 13.2. The summed E-state index contributed by atoms with van der Waals surface area (Å²) >= 11 is 0. The number of carbonyl (C=O) groups excluding carboxylic acids is 2. The van der Waals surface area contributed by atoms with Gasteiger partial charge in [0.25, 0.3) is 5.91 Å². The second-order valence-corrected chi connectivity index (χ2v) is 6.97. The molecule has 0 aliphatic carbocycles. The molecule has 0 saturated carbocycles. The number of anilines is 3. The molecule has 5 nitrogen and oxygen atoms in total. The molecule has 0 saturated heterocycles. The molecule has 0 unspecified atom stereocenters. The van der Waals surface area contributed by atoms with Gasteiger partial charge in [-0.15, -0.1) is 0 Å². The average molecular weight is 385 g/mol. The molecule has 0 spiro atoms. The molecule has 0 fully saturated rings. The van der Waals surface area contributed by atoms with E-state index in [4.69, 9.17) is 0 Å². The molecule has 0 atom stereocenters. The van der Waals surface area contributed by atoms with Gasteiger partial charge in [0.15, 0.2) is 0 Å². The number of carbonyl (C=O) groups is 2. The van der Waals surface area contributed by atoms with Crippen molar-refractivity contribution in [2.45, 2.75) is 13.5 Å². The first kappa shape index (κ1) is 18.7. The fourth-order valence-corrected chi connectivity index (χ4v) is 3.62. The summed E-state index contributed by atoms with van der Waals surface area (Å²) in [6.45, 7) is 3.31. The number of nitrogens with one attached hydrogen (secondary N) is 1. The summed E-state index contributed by atoms with van der Waals surface area (Å²) in [7, 11) is 0. The molecule has 146 valence electrons. The SMILES string of the molecule is CCN(Cc1ccccc1)C(=O)CN1c2ccccc2NC(=O)c2ccccc21. The van der Waals surface area contributed by atoms with Gasteiger partial charge in [0.1, 0.15) is 6.54 Å². The molecule has 4 rings (SSSR count). The van der Waals surface area contributed by atoms with E-state index in [1.807, 2.05) is 89.5 Å². The summed E-state index contributed by atoms with van der Waals surface area (Å²) in [5.41, 5.74) is 3.90. The molecule has 3 aromatic carbocycles. The number of rotatable bonds is 5. The molecule has 0 bridgehead atoms. The first-order chi connectivity index (χ1) is 14.2. The van der Waals surface area contributed by atoms with Gasteiger partial charge < -0.3 is 15.1 Å². The Labute approximate surface area is 170 Å². The van der Waals surface area contributed by atoms with Crippen molar-refractivity contribution in [3.05, 3.63) is 90.0 Å². The molecule has 1 N–H and O–H groups in total. The monoisotopic (exact) mass is 385 g/mol. The zero-order valence-corrected chi connectivity index (χ0v) is 16.3. The lowest BCUT2D eigenvalue weighted by Gasteiger charge is -2.29. The Bertz CT molecular complexity index is 1030. The largest absolute Gasteiger partial charge is 0.337 e. The molecule has 5 heteroatoms. The Morgan fingerprint density at radius 1 is 0.897 bits per heavy atom. The van der Waals surface area contributed by atoms with Crippen LogP contribution in [0.15, 0.2) is 78.9 Å². The number of hydrogen-bond acceptors (Lipinski definition) is 3. The average Bonchev–Trinajstić information content (AvgIpc) is 2.87. The molecule has 29 heavy (non-hydrogen) atoms. The lowest BCUT2D eigenvalue weighted by molar-refractivity contribution is -0.130. The van der Waals surface area contributed by atoms with E-state index in [0.717, 1.165) is 16.9 Å². The summed E-state index contributed by atoms with van der Waals surface area (Å²) in [5, 5.41) is 2.96. The van der Waals surface area contributed by atoms with Crippen LogP contribution in [0.5, 0.6) is 0 Å². The fourth-order valence-electron chi connectivity index (χ4n) is 3.62. The van der Waals surface area contributed by atoms with Crippen molar-refractivity contribution in [2.75, 3.05) is 23.3 Å². The topological polar surface area (TPSA) is 52.7 Å². The van der Waals surface area contributed by atoms with Crippen molar-refractivity contribution in [2.24, 2.45) is 0 Å². The van der Waals surface area contributed by atoms with Crippen molar-refractivity contribution in [1.82, 2.24) is 4.90 Å². The van der Waals surface area contributed by atoms with Crippen LogP contribution in [0.2, 0.25) is 0 Å². The number of nitrogens with zero attached hydrogens (tertiary/aromatic N) is 2. The standard InChI is InChI=1S/C24H23N3O2/c1-2-26(16-18-10-4-3-5-11-18)23(28)17-27-21-14-8-6-12-19(21)24(29)25-20-13-7-9-15-22(20)27/h3-15H,2,16-17H2,1H3,(H,25,29). The predicted molar refractivity (Wildman–Crippen MR) is 115 cm³/mol. The first-order valence-electron chi connectivity index (χ1n) is 9.76. The highest BCUT2D eigenvalue weighted by Crippen LogP contribution is 2.37. The molecule has 0 radical (unpaired) electrons. The van der Waals surface area contributed by atoms with Gasteiger partial charge in [-0.2, -0.15) is 0 Å². The summed E-state index contributed by atoms with van der Waals surface area (Å²) in [6.07, 6.45) is 0. The van der Waals surface area contributed by atoms with Crippen molar-refractivity contribution < 1.29 is 9.59 Å². The van der Waals surface area contributed by atoms with E-state index in [9.17, 15) is 9.59 Å². The molecular weight excluding hydrogens is 362 g/mol. The number of amides is 2. The molecule has 0 aromatic heterocycles. The Hall–Kier alpha value is -3.60. The van der Waals surface area contributed by atoms with Crippen molar-refractivity contribution in [1.29, 1.82) is 0 Å². The van der Waals surface area contributed by atoms with Crippen molar-refractivity contribution in [3.8, 4) is 0 Å². The number of fused-ring (bicyclic) bond motifs is 2. The Kier molecular flexibility index (Phi) is 5.29. The van der Waals surface area contributed by atoms with Gasteiger partial charge in [0.2, 0.25) is 5.91 Å². The smallest absolute Gasteiger partial charge is 0.257 e. The molecule has 1 aliphatic rings. The first-order valence-corrected chi connectivity index (χ1v) is 9.76. The number of benzene rings is 3. The third-order valence-electron chi connectivity index (χ3n) is 5.13. The van der Waals surface area contributed by atoms with Gasteiger partial charge in [-0.25, -0.2) is 0 Å². The molecule has 1 heterocycles. The highest BCUT2D eigenvalue weighted by Gasteiger charge is 2.27. The zero-order chi connectivity index (χ0) is 20.2. The van der Waals surface area contributed by atoms with Crippen LogP contribution in [0.25, 0.3) is 0 Å². The Morgan fingerprint density at radius 3 is 2.31 bits per heavy atom. The van der Waals surface area contributed by atoms with Crippen LogP contribution in [0.4, 0.5) is 17.1 Å². The highest BCUT2D eigenvalue weighted by molar-refractivity contribution is 6.13. The minimum Gasteiger partial charge on any atom is -0.337 e. The fraction of sp³-hybridized carbons (Fsp3) is 0.167. The number of hydrogen-bond donors (Lipinski definition) is 1. The second kappa shape index (κ2) is 8.19. The predicted octanol–water partition coefficient (Wildman–Crippen LogP) is 4.44. The lowest BCUT2D eigenvalue weighted by Crippen LogP contribution is -2.38. The lowest BCUT2D eigenvalue weighted by atomic mass is 10.1. The van der Waals surface area contributed by atoms with Crippen LogP contribution < -0.4 is 10.2 Å². The summed E-state index contributed by atoms with van der Waals surface area (Å²) in [5.74, 6) is -0.157. The summed E-state index contributed by atoms with van der Waals surface area (Å²) in [4.78, 5) is 29.7. The Balaban J connectivity index is 1.67. The zero-order valence-electron chi connectivity index (χ0n) is 16.3. The maximum Gasteiger partial charge on any atom is 0.257 e. The van der Waals surface area contributed by atoms with E-state index in [0.29, 0.717) is 24.3 Å². The van der Waals surface area contributed by atoms with E-state index in [1.54, 1.807) is 6.07 Å². The van der Waals surface area contributed by atoms with Crippen LogP contribution in [-0.2, 0) is 11.3 Å². The number of para-hydroxylation sites is 3. The van der Waals surface area contributed by atoms with Gasteiger partial charge in [-0.3, -0.25) is 9.59 Å². The van der Waals surface area contributed by atoms with E-state index in [1.165, 1.54) is 0 Å². The minimum absolute atomic E-state index is 0.00954. The maximum absolute atomic E-state index is 13.2. The van der Waals surface area contributed by atoms with E-state index in [-0.39, 0.29) is 18.4 Å². The van der Waals surface area contributed by atoms with E-state index in [2.05, 4.69) is 5.32 Å². The minimum atomic E-state index is -0.167. The van der Waals surface area contributed by atoms with Gasteiger partial charge in [0.05, 0.1) is 22.6 Å². The van der Waals surface area contributed by atoms with E-state index < -0.39 is 0 Å². The third-order valence-corrected chi connectivity index (χ3v) is 5.13. The molecular formula is C24H23N3O2. The van der Waals surface area contributed by atoms with Gasteiger partial charge in [0, 0.05) is 13.1 Å². The van der Waals surface area contributed by atoms with Crippen LogP contribution in [0.3, 0.4) is 0 Å². The Morgan fingerprint density at radius 2 is 1.55 bits per heavy atom. The number of likely N-dealkylation sites (N-methyl/N-ethyl adjacent to an activating group) is 1. The van der Waals surface area contributed by atoms with Gasteiger partial charge in [-0.05, 0) is 36.8 Å². The highest BCUT2D eigenvalue weighted by atomic mass is 16.2. The van der Waals surface area contributed by atoms with Crippen LogP contribution >= 0.6 is 0 Å². The van der Waals surface area contributed by atoms with E-state index >= 15 is 0 Å². The van der Waals surface area contributed by atoms with Crippen molar-refractivity contribution in [3.63, 3.8) is 0 Å². The normalized spacial score (nSPS) is 12.4. The molecule has 3 aromatic rings. The van der Waals surface area contributed by atoms with Gasteiger partial charge in [-0.1, -0.05) is 54.6 Å². The summed E-state index contributed by atoms with van der Waals surface area (Å²) in [6, 6.07) is 24.9. The molecule has 1 aliphatic heterocycles. The van der Waals surface area contributed by atoms with Crippen LogP contribution in [-0.4, -0.2) is 29.8 Å². The molecule has 2 amide bonds.